The molecule has 0 fully saturated rings. The SMILES string of the molecule is CCN1c2cc(N3C(=O)C4=C(CCCC4)C3=O)c(F)cc2CS1(=O)=O. The number of imide groups is 1. The zero-order valence-corrected chi connectivity index (χ0v) is 14.5. The van der Waals surface area contributed by atoms with Crippen molar-refractivity contribution in [2.45, 2.75) is 38.4 Å². The lowest BCUT2D eigenvalue weighted by molar-refractivity contribution is -0.120. The summed E-state index contributed by atoms with van der Waals surface area (Å²) in [6.07, 6.45) is 2.72. The number of hydrogen-bond donors (Lipinski definition) is 0. The maximum absolute atomic E-state index is 14.6. The lowest BCUT2D eigenvalue weighted by Crippen LogP contribution is -2.32. The average molecular weight is 364 g/mol. The number of anilines is 2. The minimum absolute atomic E-state index is 0.168. The number of benzene rings is 1. The molecule has 0 bridgehead atoms. The van der Waals surface area contributed by atoms with Crippen molar-refractivity contribution in [2.75, 3.05) is 15.7 Å². The van der Waals surface area contributed by atoms with Crippen LogP contribution in [-0.4, -0.2) is 26.8 Å². The third kappa shape index (κ3) is 2.23. The average Bonchev–Trinajstić information content (AvgIpc) is 2.96. The Morgan fingerprint density at radius 1 is 1.04 bits per heavy atom. The van der Waals surface area contributed by atoms with Gasteiger partial charge in [-0.05, 0) is 50.3 Å². The smallest absolute Gasteiger partial charge is 0.261 e. The van der Waals surface area contributed by atoms with Crippen molar-refractivity contribution in [1.29, 1.82) is 0 Å². The van der Waals surface area contributed by atoms with E-state index in [0.29, 0.717) is 35.2 Å². The minimum atomic E-state index is -3.53. The molecular formula is C17H17FN2O4S. The molecule has 0 aromatic heterocycles. The van der Waals surface area contributed by atoms with E-state index in [1.165, 1.54) is 10.4 Å². The van der Waals surface area contributed by atoms with Gasteiger partial charge in [0.1, 0.15) is 5.82 Å². The predicted molar refractivity (Wildman–Crippen MR) is 90.0 cm³/mol. The highest BCUT2D eigenvalue weighted by Crippen LogP contribution is 2.41. The molecule has 0 saturated heterocycles. The van der Waals surface area contributed by atoms with E-state index in [-0.39, 0.29) is 18.0 Å². The van der Waals surface area contributed by atoms with Gasteiger partial charge >= 0.3 is 0 Å². The molecule has 2 amide bonds. The van der Waals surface area contributed by atoms with Crippen LogP contribution in [-0.2, 0) is 25.4 Å². The summed E-state index contributed by atoms with van der Waals surface area (Å²) in [5.41, 5.74) is 1.45. The molecule has 1 aromatic rings. The molecule has 0 N–H and O–H groups in total. The maximum atomic E-state index is 14.6. The largest absolute Gasteiger partial charge is 0.270 e. The van der Waals surface area contributed by atoms with Crippen LogP contribution in [0, 0.1) is 5.82 Å². The van der Waals surface area contributed by atoms with Crippen LogP contribution in [0.15, 0.2) is 23.3 Å². The van der Waals surface area contributed by atoms with E-state index in [2.05, 4.69) is 0 Å². The molecule has 0 unspecified atom stereocenters. The normalized spacial score (nSPS) is 21.8. The number of nitrogens with zero attached hydrogens (tertiary/aromatic N) is 2. The van der Waals surface area contributed by atoms with Crippen molar-refractivity contribution in [3.63, 3.8) is 0 Å². The number of carbonyl (C=O) groups excluding carboxylic acids is 2. The molecule has 0 radical (unpaired) electrons. The van der Waals surface area contributed by atoms with Crippen molar-refractivity contribution < 1.29 is 22.4 Å². The Balaban J connectivity index is 1.81. The molecule has 0 saturated carbocycles. The number of carbonyl (C=O) groups is 2. The second-order valence-corrected chi connectivity index (χ2v) is 8.36. The maximum Gasteiger partial charge on any atom is 0.261 e. The summed E-state index contributed by atoms with van der Waals surface area (Å²) in [4.78, 5) is 26.1. The van der Waals surface area contributed by atoms with Gasteiger partial charge in [-0.25, -0.2) is 17.7 Å². The first-order valence-electron chi connectivity index (χ1n) is 8.28. The Morgan fingerprint density at radius 2 is 1.64 bits per heavy atom. The van der Waals surface area contributed by atoms with E-state index in [4.69, 9.17) is 0 Å². The van der Waals surface area contributed by atoms with Crippen LogP contribution in [0.5, 0.6) is 0 Å². The van der Waals surface area contributed by atoms with Gasteiger partial charge in [0, 0.05) is 17.7 Å². The summed E-state index contributed by atoms with van der Waals surface area (Å²) in [5, 5.41) is 0. The van der Waals surface area contributed by atoms with Gasteiger partial charge in [-0.15, -0.1) is 0 Å². The Kier molecular flexibility index (Phi) is 3.50. The standard InChI is InChI=1S/C17H17FN2O4S/c1-2-19-14-8-15(13(18)7-10(14)9-25(19,23)24)20-16(21)11-5-3-4-6-12(11)17(20)22/h7-8H,2-6,9H2,1H3. The number of fused-ring (bicyclic) bond motifs is 1. The number of rotatable bonds is 2. The first-order chi connectivity index (χ1) is 11.8. The fourth-order valence-corrected chi connectivity index (χ4v) is 5.50. The Morgan fingerprint density at radius 3 is 2.20 bits per heavy atom. The molecule has 2 aliphatic heterocycles. The molecule has 4 rings (SSSR count). The van der Waals surface area contributed by atoms with Gasteiger partial charge in [-0.1, -0.05) is 0 Å². The third-order valence-corrected chi connectivity index (χ3v) is 6.81. The van der Waals surface area contributed by atoms with Crippen LogP contribution in [0.2, 0.25) is 0 Å². The van der Waals surface area contributed by atoms with Crippen molar-refractivity contribution in [2.24, 2.45) is 0 Å². The van der Waals surface area contributed by atoms with Gasteiger partial charge in [0.2, 0.25) is 10.0 Å². The molecule has 132 valence electrons. The number of hydrogen-bond acceptors (Lipinski definition) is 4. The van der Waals surface area contributed by atoms with Crippen LogP contribution >= 0.6 is 0 Å². The minimum Gasteiger partial charge on any atom is -0.270 e. The molecule has 3 aliphatic rings. The van der Waals surface area contributed by atoms with E-state index in [0.717, 1.165) is 23.8 Å². The fraction of sp³-hybridized carbons (Fsp3) is 0.412. The first-order valence-corrected chi connectivity index (χ1v) is 9.89. The third-order valence-electron chi connectivity index (χ3n) is 5.01. The molecule has 1 aliphatic carbocycles. The Labute approximate surface area is 145 Å². The zero-order chi connectivity index (χ0) is 17.9. The Hall–Kier alpha value is -2.22. The monoisotopic (exact) mass is 364 g/mol. The molecule has 0 atom stereocenters. The van der Waals surface area contributed by atoms with Gasteiger partial charge in [-0.3, -0.25) is 13.9 Å². The summed E-state index contributed by atoms with van der Waals surface area (Å²) in [6.45, 7) is 1.89. The van der Waals surface area contributed by atoms with Crippen molar-refractivity contribution >= 4 is 33.2 Å². The van der Waals surface area contributed by atoms with Crippen LogP contribution in [0.4, 0.5) is 15.8 Å². The van der Waals surface area contributed by atoms with Gasteiger partial charge in [0.25, 0.3) is 11.8 Å². The van der Waals surface area contributed by atoms with E-state index in [1.54, 1.807) is 6.92 Å². The highest BCUT2D eigenvalue weighted by molar-refractivity contribution is 7.92. The van der Waals surface area contributed by atoms with Crippen LogP contribution in [0.1, 0.15) is 38.2 Å². The lowest BCUT2D eigenvalue weighted by Gasteiger charge is -2.20. The molecule has 8 heteroatoms. The second kappa shape index (κ2) is 5.39. The summed E-state index contributed by atoms with van der Waals surface area (Å²) >= 11 is 0. The quantitative estimate of drug-likeness (QED) is 0.755. The van der Waals surface area contributed by atoms with Crippen molar-refractivity contribution in [3.8, 4) is 0 Å². The van der Waals surface area contributed by atoms with E-state index in [9.17, 15) is 22.4 Å². The van der Waals surface area contributed by atoms with Crippen LogP contribution < -0.4 is 9.21 Å². The summed E-state index contributed by atoms with van der Waals surface area (Å²) < 4.78 is 40.2. The van der Waals surface area contributed by atoms with Crippen molar-refractivity contribution in [1.82, 2.24) is 0 Å². The summed E-state index contributed by atoms with van der Waals surface area (Å²) in [7, 11) is -3.53. The number of halogens is 1. The van der Waals surface area contributed by atoms with E-state index < -0.39 is 27.7 Å². The molecular weight excluding hydrogens is 347 g/mol. The second-order valence-electron chi connectivity index (χ2n) is 6.46. The van der Waals surface area contributed by atoms with Gasteiger partial charge in [0.15, 0.2) is 0 Å². The topological polar surface area (TPSA) is 74.8 Å². The van der Waals surface area contributed by atoms with E-state index in [1.807, 2.05) is 0 Å². The lowest BCUT2D eigenvalue weighted by atomic mass is 9.93. The highest BCUT2D eigenvalue weighted by Gasteiger charge is 2.42. The molecule has 25 heavy (non-hydrogen) atoms. The van der Waals surface area contributed by atoms with Gasteiger partial charge < -0.3 is 0 Å². The van der Waals surface area contributed by atoms with Crippen LogP contribution in [0.3, 0.4) is 0 Å². The van der Waals surface area contributed by atoms with Crippen LogP contribution in [0.25, 0.3) is 0 Å². The van der Waals surface area contributed by atoms with Crippen molar-refractivity contribution in [3.05, 3.63) is 34.7 Å². The number of sulfonamides is 1. The molecule has 0 spiro atoms. The summed E-state index contributed by atoms with van der Waals surface area (Å²) in [6, 6.07) is 2.43. The van der Waals surface area contributed by atoms with E-state index >= 15 is 0 Å². The zero-order valence-electron chi connectivity index (χ0n) is 13.7. The van der Waals surface area contributed by atoms with Gasteiger partial charge in [-0.2, -0.15) is 0 Å². The fourth-order valence-electron chi connectivity index (χ4n) is 3.86. The summed E-state index contributed by atoms with van der Waals surface area (Å²) in [5.74, 6) is -2.00. The van der Waals surface area contributed by atoms with Gasteiger partial charge in [0.05, 0.1) is 17.1 Å². The first kappa shape index (κ1) is 16.3. The Bertz CT molecular complexity index is 924. The highest BCUT2D eigenvalue weighted by atomic mass is 32.2. The molecule has 6 nitrogen and oxygen atoms in total. The predicted octanol–water partition coefficient (Wildman–Crippen LogP) is 2.24. The number of amides is 2. The molecule has 2 heterocycles. The molecule has 1 aromatic carbocycles.